The van der Waals surface area contributed by atoms with E-state index < -0.39 is 5.91 Å². The maximum atomic E-state index is 11.6. The highest BCUT2D eigenvalue weighted by molar-refractivity contribution is 5.92. The summed E-state index contributed by atoms with van der Waals surface area (Å²) in [5, 5.41) is 0. The first-order chi connectivity index (χ1) is 10.1. The molecule has 0 bridgehead atoms. The molecule has 0 spiro atoms. The van der Waals surface area contributed by atoms with Crippen LogP contribution in [0.3, 0.4) is 0 Å². The van der Waals surface area contributed by atoms with E-state index >= 15 is 0 Å². The normalized spacial score (nSPS) is 13.6. The highest BCUT2D eigenvalue weighted by atomic mass is 16.5. The van der Waals surface area contributed by atoms with Gasteiger partial charge in [0.15, 0.2) is 0 Å². The number of fused-ring (bicyclic) bond motifs is 1. The van der Waals surface area contributed by atoms with Gasteiger partial charge in [-0.15, -0.1) is 0 Å². The molecule has 1 aliphatic carbocycles. The third-order valence-corrected chi connectivity index (χ3v) is 3.51. The van der Waals surface area contributed by atoms with Gasteiger partial charge in [-0.1, -0.05) is 12.1 Å². The quantitative estimate of drug-likeness (QED) is 0.933. The number of primary amides is 1. The van der Waals surface area contributed by atoms with E-state index in [2.05, 4.69) is 4.98 Å². The number of hydrogen-bond acceptors (Lipinski definition) is 4. The van der Waals surface area contributed by atoms with E-state index in [-0.39, 0.29) is 5.78 Å². The summed E-state index contributed by atoms with van der Waals surface area (Å²) < 4.78 is 5.74. The van der Waals surface area contributed by atoms with Gasteiger partial charge in [-0.25, -0.2) is 4.98 Å². The van der Waals surface area contributed by atoms with Gasteiger partial charge < -0.3 is 10.5 Å². The van der Waals surface area contributed by atoms with Gasteiger partial charge >= 0.3 is 0 Å². The van der Waals surface area contributed by atoms with Crippen LogP contribution in [0.5, 0.6) is 11.6 Å². The van der Waals surface area contributed by atoms with Gasteiger partial charge in [-0.3, -0.25) is 9.59 Å². The minimum absolute atomic E-state index is 0.218. The van der Waals surface area contributed by atoms with Crippen LogP contribution in [-0.2, 0) is 17.6 Å². The maximum Gasteiger partial charge on any atom is 0.250 e. The fourth-order valence-corrected chi connectivity index (χ4v) is 2.40. The Morgan fingerprint density at radius 1 is 1.19 bits per heavy atom. The number of nitrogens with zero attached hydrogens (tertiary/aromatic N) is 1. The van der Waals surface area contributed by atoms with Crippen molar-refractivity contribution in [1.82, 2.24) is 4.98 Å². The summed E-state index contributed by atoms with van der Waals surface area (Å²) >= 11 is 0. The summed E-state index contributed by atoms with van der Waals surface area (Å²) in [7, 11) is 0. The van der Waals surface area contributed by atoms with Gasteiger partial charge in [0, 0.05) is 30.7 Å². The van der Waals surface area contributed by atoms with Gasteiger partial charge in [0.1, 0.15) is 11.5 Å². The standard InChI is InChI=1S/C16H14N2O3/c17-16(20)11-5-7-15(18-9-11)21-14-3-1-2-10-4-6-12(19)8-13(10)14/h1-3,5,7,9H,4,6,8H2,(H2,17,20). The Hall–Kier alpha value is -2.69. The zero-order valence-corrected chi connectivity index (χ0v) is 11.3. The van der Waals surface area contributed by atoms with Crippen molar-refractivity contribution in [2.24, 2.45) is 5.73 Å². The number of pyridine rings is 1. The molecule has 0 saturated heterocycles. The van der Waals surface area contributed by atoms with Crippen molar-refractivity contribution in [3.8, 4) is 11.6 Å². The highest BCUT2D eigenvalue weighted by Crippen LogP contribution is 2.31. The first-order valence-electron chi connectivity index (χ1n) is 6.69. The van der Waals surface area contributed by atoms with Crippen molar-refractivity contribution in [3.63, 3.8) is 0 Å². The van der Waals surface area contributed by atoms with E-state index in [1.807, 2.05) is 18.2 Å². The van der Waals surface area contributed by atoms with Crippen molar-refractivity contribution >= 4 is 11.7 Å². The predicted molar refractivity (Wildman–Crippen MR) is 76.3 cm³/mol. The number of ketones is 1. The maximum absolute atomic E-state index is 11.6. The topological polar surface area (TPSA) is 82.3 Å². The number of carbonyl (C=O) groups is 2. The molecule has 0 radical (unpaired) electrons. The third kappa shape index (κ3) is 2.76. The zero-order valence-electron chi connectivity index (χ0n) is 11.3. The lowest BCUT2D eigenvalue weighted by molar-refractivity contribution is -0.118. The van der Waals surface area contributed by atoms with Crippen molar-refractivity contribution in [1.29, 1.82) is 0 Å². The molecule has 21 heavy (non-hydrogen) atoms. The summed E-state index contributed by atoms with van der Waals surface area (Å²) in [5.41, 5.74) is 7.56. The van der Waals surface area contributed by atoms with Crippen LogP contribution in [0.2, 0.25) is 0 Å². The van der Waals surface area contributed by atoms with E-state index in [1.54, 1.807) is 12.1 Å². The Morgan fingerprint density at radius 3 is 2.76 bits per heavy atom. The molecular formula is C16H14N2O3. The average molecular weight is 282 g/mol. The predicted octanol–water partition coefficient (Wildman–Crippen LogP) is 2.03. The molecule has 2 N–H and O–H groups in total. The van der Waals surface area contributed by atoms with E-state index in [1.165, 1.54) is 6.20 Å². The molecule has 5 nitrogen and oxygen atoms in total. The monoisotopic (exact) mass is 282 g/mol. The van der Waals surface area contributed by atoms with Gasteiger partial charge in [-0.05, 0) is 24.1 Å². The van der Waals surface area contributed by atoms with Crippen LogP contribution >= 0.6 is 0 Å². The number of hydrogen-bond donors (Lipinski definition) is 1. The van der Waals surface area contributed by atoms with Crippen molar-refractivity contribution in [2.45, 2.75) is 19.3 Å². The number of nitrogens with two attached hydrogens (primary N) is 1. The Kier molecular flexibility index (Phi) is 3.39. The van der Waals surface area contributed by atoms with E-state index in [9.17, 15) is 9.59 Å². The number of aromatic nitrogens is 1. The molecule has 2 aromatic rings. The van der Waals surface area contributed by atoms with Crippen LogP contribution in [0.4, 0.5) is 0 Å². The smallest absolute Gasteiger partial charge is 0.250 e. The van der Waals surface area contributed by atoms with Crippen LogP contribution in [0.15, 0.2) is 36.5 Å². The lowest BCUT2D eigenvalue weighted by Crippen LogP contribution is -2.14. The molecule has 0 saturated carbocycles. The molecule has 3 rings (SSSR count). The van der Waals surface area contributed by atoms with Crippen LogP contribution in [0, 0.1) is 0 Å². The Bertz CT molecular complexity index is 708. The van der Waals surface area contributed by atoms with Gasteiger partial charge in [0.2, 0.25) is 11.8 Å². The Morgan fingerprint density at radius 2 is 2.05 bits per heavy atom. The molecule has 1 heterocycles. The number of rotatable bonds is 3. The van der Waals surface area contributed by atoms with E-state index in [0.717, 1.165) is 17.5 Å². The summed E-state index contributed by atoms with van der Waals surface area (Å²) in [4.78, 5) is 26.7. The van der Waals surface area contributed by atoms with Crippen molar-refractivity contribution in [3.05, 3.63) is 53.2 Å². The molecule has 0 atom stereocenters. The SMILES string of the molecule is NC(=O)c1ccc(Oc2cccc3c2CC(=O)CC3)nc1. The van der Waals surface area contributed by atoms with Gasteiger partial charge in [0.05, 0.1) is 5.56 Å². The lowest BCUT2D eigenvalue weighted by Gasteiger charge is -2.18. The fourth-order valence-electron chi connectivity index (χ4n) is 2.40. The average Bonchev–Trinajstić information content (AvgIpc) is 2.48. The molecule has 1 aromatic heterocycles. The van der Waals surface area contributed by atoms with Crippen LogP contribution < -0.4 is 10.5 Å². The number of Topliss-reactive ketones (excluding diaryl/α,β-unsaturated/α-hetero) is 1. The largest absolute Gasteiger partial charge is 0.439 e. The van der Waals surface area contributed by atoms with Crippen LogP contribution in [0.1, 0.15) is 27.9 Å². The minimum Gasteiger partial charge on any atom is -0.439 e. The molecule has 106 valence electrons. The molecular weight excluding hydrogens is 268 g/mol. The van der Waals surface area contributed by atoms with E-state index in [4.69, 9.17) is 10.5 Å². The van der Waals surface area contributed by atoms with Crippen LogP contribution in [0.25, 0.3) is 0 Å². The number of aryl methyl sites for hydroxylation is 1. The number of benzene rings is 1. The molecule has 5 heteroatoms. The molecule has 1 aromatic carbocycles. The first kappa shape index (κ1) is 13.3. The van der Waals surface area contributed by atoms with Crippen molar-refractivity contribution < 1.29 is 14.3 Å². The highest BCUT2D eigenvalue weighted by Gasteiger charge is 2.19. The molecule has 0 unspecified atom stereocenters. The second-order valence-electron chi connectivity index (χ2n) is 4.96. The first-order valence-corrected chi connectivity index (χ1v) is 6.69. The van der Waals surface area contributed by atoms with Gasteiger partial charge in [-0.2, -0.15) is 0 Å². The number of ether oxygens (including phenoxy) is 1. The summed E-state index contributed by atoms with van der Waals surface area (Å²) in [6.45, 7) is 0. The number of amides is 1. The second kappa shape index (κ2) is 5.36. The summed E-state index contributed by atoms with van der Waals surface area (Å²) in [6, 6.07) is 8.89. The summed E-state index contributed by atoms with van der Waals surface area (Å²) in [5.74, 6) is 0.693. The number of carbonyl (C=O) groups excluding carboxylic acids is 2. The third-order valence-electron chi connectivity index (χ3n) is 3.51. The summed E-state index contributed by atoms with van der Waals surface area (Å²) in [6.07, 6.45) is 3.10. The lowest BCUT2D eigenvalue weighted by atomic mass is 9.90. The minimum atomic E-state index is -0.531. The molecule has 1 aliphatic rings. The molecule has 1 amide bonds. The Balaban J connectivity index is 1.88. The van der Waals surface area contributed by atoms with Crippen molar-refractivity contribution in [2.75, 3.05) is 0 Å². The van der Waals surface area contributed by atoms with Gasteiger partial charge in [0.25, 0.3) is 0 Å². The van der Waals surface area contributed by atoms with E-state index in [0.29, 0.717) is 30.0 Å². The second-order valence-corrected chi connectivity index (χ2v) is 4.96. The Labute approximate surface area is 121 Å². The fraction of sp³-hybridized carbons (Fsp3) is 0.188. The zero-order chi connectivity index (χ0) is 14.8. The van der Waals surface area contributed by atoms with Crippen LogP contribution in [-0.4, -0.2) is 16.7 Å². The molecule has 0 aliphatic heterocycles. The molecule has 0 fully saturated rings.